The lowest BCUT2D eigenvalue weighted by atomic mass is 9.94. The number of allylic oxidation sites excluding steroid dienone is 2. The Morgan fingerprint density at radius 3 is 2.66 bits per heavy atom. The van der Waals surface area contributed by atoms with Gasteiger partial charge in [0.2, 0.25) is 6.79 Å². The summed E-state index contributed by atoms with van der Waals surface area (Å²) in [7, 11) is 0. The van der Waals surface area contributed by atoms with Crippen molar-refractivity contribution < 1.29 is 9.47 Å². The van der Waals surface area contributed by atoms with Crippen molar-refractivity contribution in [3.8, 4) is 11.5 Å². The second kappa shape index (κ2) is 8.87. The molecule has 1 unspecified atom stereocenters. The molecule has 4 nitrogen and oxygen atoms in total. The van der Waals surface area contributed by atoms with Crippen LogP contribution in [0.25, 0.3) is 0 Å². The number of benzene rings is 2. The molecule has 0 aromatic heterocycles. The first-order valence-corrected chi connectivity index (χ1v) is 10.7. The fourth-order valence-corrected chi connectivity index (χ4v) is 4.25. The minimum atomic E-state index is 0.295. The number of rotatable bonds is 5. The van der Waals surface area contributed by atoms with Crippen molar-refractivity contribution in [2.75, 3.05) is 18.7 Å². The fourth-order valence-electron chi connectivity index (χ4n) is 4.01. The molecular weight excluding hydrogens is 380 g/mol. The number of hydrogen-bond acceptors (Lipinski definition) is 3. The summed E-state index contributed by atoms with van der Waals surface area (Å²) in [5.41, 5.74) is 4.69. The van der Waals surface area contributed by atoms with Gasteiger partial charge in [-0.05, 0) is 80.1 Å². The van der Waals surface area contributed by atoms with Crippen LogP contribution in [-0.4, -0.2) is 23.4 Å². The summed E-state index contributed by atoms with van der Waals surface area (Å²) < 4.78 is 11.0. The molecule has 0 saturated heterocycles. The number of para-hydroxylation sites is 1. The van der Waals surface area contributed by atoms with Crippen LogP contribution < -0.4 is 14.8 Å². The number of thiocarbonyl (C=S) groups is 1. The van der Waals surface area contributed by atoms with E-state index in [2.05, 4.69) is 66.5 Å². The van der Waals surface area contributed by atoms with Crippen LogP contribution in [0.5, 0.6) is 11.5 Å². The number of fused-ring (bicyclic) bond motifs is 1. The number of hydrogen-bond donors (Lipinski definition) is 1. The Kier molecular flexibility index (Phi) is 6.05. The van der Waals surface area contributed by atoms with E-state index in [0.29, 0.717) is 12.7 Å². The van der Waals surface area contributed by atoms with Crippen LogP contribution >= 0.6 is 12.2 Å². The van der Waals surface area contributed by atoms with Crippen molar-refractivity contribution in [1.29, 1.82) is 0 Å². The molecule has 0 radical (unpaired) electrons. The van der Waals surface area contributed by atoms with Gasteiger partial charge in [-0.3, -0.25) is 0 Å². The van der Waals surface area contributed by atoms with Crippen molar-refractivity contribution in [3.63, 3.8) is 0 Å². The van der Waals surface area contributed by atoms with Gasteiger partial charge < -0.3 is 19.7 Å². The Morgan fingerprint density at radius 2 is 1.90 bits per heavy atom. The number of anilines is 1. The molecule has 0 amide bonds. The zero-order valence-corrected chi connectivity index (χ0v) is 17.9. The van der Waals surface area contributed by atoms with Gasteiger partial charge in [-0.1, -0.05) is 36.4 Å². The van der Waals surface area contributed by atoms with Gasteiger partial charge in [-0.25, -0.2) is 0 Å². The molecule has 1 atom stereocenters. The molecule has 4 rings (SSSR count). The van der Waals surface area contributed by atoms with Gasteiger partial charge in [-0.2, -0.15) is 0 Å². The molecule has 2 aromatic rings. The van der Waals surface area contributed by atoms with E-state index in [0.717, 1.165) is 48.2 Å². The lowest BCUT2D eigenvalue weighted by molar-refractivity contribution is 0.174. The lowest BCUT2D eigenvalue weighted by Crippen LogP contribution is -2.38. The number of aryl methyl sites for hydroxylation is 2. The van der Waals surface area contributed by atoms with E-state index in [9.17, 15) is 0 Å². The largest absolute Gasteiger partial charge is 0.454 e. The number of ether oxygens (including phenoxy) is 2. The SMILES string of the molecule is Cc1cccc(C)c1NC(=S)N(Cc1ccc2c(c1)OCO2)CC1CC=CCC1. The summed E-state index contributed by atoms with van der Waals surface area (Å²) in [6.07, 6.45) is 8.06. The van der Waals surface area contributed by atoms with Crippen molar-refractivity contribution in [1.82, 2.24) is 4.90 Å². The quantitative estimate of drug-likeness (QED) is 0.515. The van der Waals surface area contributed by atoms with E-state index < -0.39 is 0 Å². The first-order chi connectivity index (χ1) is 14.1. The second-order valence-corrected chi connectivity index (χ2v) is 8.30. The Morgan fingerprint density at radius 1 is 1.10 bits per heavy atom. The van der Waals surface area contributed by atoms with Gasteiger partial charge in [0, 0.05) is 18.8 Å². The number of nitrogens with zero attached hydrogens (tertiary/aromatic N) is 1. The molecule has 29 heavy (non-hydrogen) atoms. The molecule has 1 aliphatic carbocycles. The van der Waals surface area contributed by atoms with Crippen molar-refractivity contribution >= 4 is 23.0 Å². The van der Waals surface area contributed by atoms with E-state index in [1.807, 2.05) is 6.07 Å². The molecule has 0 fully saturated rings. The Labute approximate surface area is 178 Å². The normalized spacial score (nSPS) is 17.2. The molecule has 1 aliphatic heterocycles. The van der Waals surface area contributed by atoms with E-state index in [1.165, 1.54) is 23.1 Å². The van der Waals surface area contributed by atoms with Crippen molar-refractivity contribution in [2.24, 2.45) is 5.92 Å². The smallest absolute Gasteiger partial charge is 0.231 e. The third-order valence-electron chi connectivity index (χ3n) is 5.67. The summed E-state index contributed by atoms with van der Waals surface area (Å²) in [5, 5.41) is 4.30. The Bertz CT molecular complexity index is 905. The Hall–Kier alpha value is -2.53. The molecule has 152 valence electrons. The molecule has 1 heterocycles. The zero-order chi connectivity index (χ0) is 20.2. The standard InChI is InChI=1S/C24H28N2O2S/c1-17-7-6-8-18(2)23(17)25-24(29)26(14-19-9-4-3-5-10-19)15-20-11-12-21-22(13-20)28-16-27-21/h3-4,6-8,11-13,19H,5,9-10,14-16H2,1-2H3,(H,25,29). The summed E-state index contributed by atoms with van der Waals surface area (Å²) in [4.78, 5) is 2.29. The fraction of sp³-hybridized carbons (Fsp3) is 0.375. The van der Waals surface area contributed by atoms with Gasteiger partial charge in [0.15, 0.2) is 16.6 Å². The molecule has 0 spiro atoms. The van der Waals surface area contributed by atoms with Gasteiger partial charge in [-0.15, -0.1) is 0 Å². The van der Waals surface area contributed by atoms with Crippen LogP contribution in [-0.2, 0) is 6.54 Å². The molecule has 0 bridgehead atoms. The average Bonchev–Trinajstić information content (AvgIpc) is 3.19. The third-order valence-corrected chi connectivity index (χ3v) is 6.03. The highest BCUT2D eigenvalue weighted by Gasteiger charge is 2.20. The highest BCUT2D eigenvalue weighted by atomic mass is 32.1. The summed E-state index contributed by atoms with van der Waals surface area (Å²) in [6.45, 7) is 6.21. The maximum Gasteiger partial charge on any atom is 0.231 e. The van der Waals surface area contributed by atoms with Gasteiger partial charge >= 0.3 is 0 Å². The topological polar surface area (TPSA) is 33.7 Å². The first-order valence-electron chi connectivity index (χ1n) is 10.3. The molecule has 2 aliphatic rings. The second-order valence-electron chi connectivity index (χ2n) is 7.92. The van der Waals surface area contributed by atoms with E-state index in [1.54, 1.807) is 0 Å². The van der Waals surface area contributed by atoms with E-state index in [4.69, 9.17) is 21.7 Å². The van der Waals surface area contributed by atoms with Crippen LogP contribution in [0.15, 0.2) is 48.6 Å². The summed E-state index contributed by atoms with van der Waals surface area (Å²) >= 11 is 5.88. The maximum absolute atomic E-state index is 5.88. The van der Waals surface area contributed by atoms with Gasteiger partial charge in [0.1, 0.15) is 0 Å². The molecular formula is C24H28N2O2S. The minimum Gasteiger partial charge on any atom is -0.454 e. The highest BCUT2D eigenvalue weighted by Crippen LogP contribution is 2.33. The summed E-state index contributed by atoms with van der Waals surface area (Å²) in [5.74, 6) is 2.25. The highest BCUT2D eigenvalue weighted by molar-refractivity contribution is 7.80. The first kappa shape index (κ1) is 19.8. The average molecular weight is 409 g/mol. The van der Waals surface area contributed by atoms with Crippen molar-refractivity contribution in [3.05, 3.63) is 65.2 Å². The van der Waals surface area contributed by atoms with Gasteiger partial charge in [0.05, 0.1) is 0 Å². The van der Waals surface area contributed by atoms with E-state index >= 15 is 0 Å². The van der Waals surface area contributed by atoms with Gasteiger partial charge in [0.25, 0.3) is 0 Å². The predicted octanol–water partition coefficient (Wildman–Crippen LogP) is 5.59. The van der Waals surface area contributed by atoms with Crippen molar-refractivity contribution in [2.45, 2.75) is 39.7 Å². The zero-order valence-electron chi connectivity index (χ0n) is 17.1. The molecule has 5 heteroatoms. The van der Waals surface area contributed by atoms with Crippen LogP contribution in [0.4, 0.5) is 5.69 Å². The molecule has 2 aromatic carbocycles. The van der Waals surface area contributed by atoms with Crippen LogP contribution in [0.3, 0.4) is 0 Å². The summed E-state index contributed by atoms with van der Waals surface area (Å²) in [6, 6.07) is 12.5. The predicted molar refractivity (Wildman–Crippen MR) is 122 cm³/mol. The maximum atomic E-state index is 5.88. The minimum absolute atomic E-state index is 0.295. The van der Waals surface area contributed by atoms with Crippen LogP contribution in [0.2, 0.25) is 0 Å². The molecule has 1 N–H and O–H groups in total. The monoisotopic (exact) mass is 408 g/mol. The Balaban J connectivity index is 1.54. The molecule has 0 saturated carbocycles. The lowest BCUT2D eigenvalue weighted by Gasteiger charge is -2.31. The third kappa shape index (κ3) is 4.73. The van der Waals surface area contributed by atoms with Crippen LogP contribution in [0, 0.1) is 19.8 Å². The van der Waals surface area contributed by atoms with E-state index in [-0.39, 0.29) is 0 Å². The number of nitrogens with one attached hydrogen (secondary N) is 1. The van der Waals surface area contributed by atoms with Crippen LogP contribution in [0.1, 0.15) is 36.0 Å².